The number of nitrogens with zero attached hydrogens (tertiary/aromatic N) is 1. The Labute approximate surface area is 135 Å². The lowest BCUT2D eigenvalue weighted by Gasteiger charge is -2.38. The molecule has 0 aliphatic carbocycles. The second kappa shape index (κ2) is 6.54. The normalized spacial score (nSPS) is 17.4. The summed E-state index contributed by atoms with van der Waals surface area (Å²) in [6, 6.07) is 4.86. The molecule has 0 unspecified atom stereocenters. The van der Waals surface area contributed by atoms with E-state index in [0.29, 0.717) is 11.5 Å². The van der Waals surface area contributed by atoms with E-state index >= 15 is 0 Å². The van der Waals surface area contributed by atoms with Crippen LogP contribution in [-0.4, -0.2) is 23.9 Å². The minimum Gasteiger partial charge on any atom is -0.342 e. The molecule has 2 rings (SSSR count). The first-order valence-corrected chi connectivity index (χ1v) is 8.01. The first-order valence-electron chi connectivity index (χ1n) is 8.01. The highest BCUT2D eigenvalue weighted by Gasteiger charge is 2.31. The number of likely N-dealkylation sites (tertiary alicyclic amines) is 1. The number of benzene rings is 1. The van der Waals surface area contributed by atoms with Gasteiger partial charge in [-0.25, -0.2) is 0 Å². The van der Waals surface area contributed by atoms with E-state index in [-0.39, 0.29) is 17.7 Å². The summed E-state index contributed by atoms with van der Waals surface area (Å²) in [4.78, 5) is 14.1. The summed E-state index contributed by atoms with van der Waals surface area (Å²) in [5.74, 6) is 0.606. The van der Waals surface area contributed by atoms with Crippen LogP contribution in [0.25, 0.3) is 0 Å². The van der Waals surface area contributed by atoms with Crippen molar-refractivity contribution in [1.29, 1.82) is 0 Å². The second-order valence-corrected chi connectivity index (χ2v) is 7.39. The van der Waals surface area contributed by atoms with Gasteiger partial charge in [0.05, 0.1) is 12.0 Å². The van der Waals surface area contributed by atoms with Crippen LogP contribution < -0.4 is 0 Å². The average molecular weight is 327 g/mol. The fourth-order valence-electron chi connectivity index (χ4n) is 3.09. The van der Waals surface area contributed by atoms with Crippen molar-refractivity contribution < 1.29 is 18.0 Å². The molecule has 0 bridgehead atoms. The van der Waals surface area contributed by atoms with Crippen LogP contribution in [0.5, 0.6) is 0 Å². The maximum atomic E-state index is 12.5. The van der Waals surface area contributed by atoms with Crippen LogP contribution in [0.4, 0.5) is 13.2 Å². The minimum absolute atomic E-state index is 0.00267. The van der Waals surface area contributed by atoms with Crippen molar-refractivity contribution >= 4 is 5.91 Å². The molecule has 2 nitrogen and oxygen atoms in total. The lowest BCUT2D eigenvalue weighted by Crippen LogP contribution is -2.42. The van der Waals surface area contributed by atoms with Gasteiger partial charge in [-0.3, -0.25) is 4.79 Å². The molecule has 0 N–H and O–H groups in total. The van der Waals surface area contributed by atoms with Gasteiger partial charge in [-0.2, -0.15) is 13.2 Å². The molecule has 1 aromatic rings. The standard InChI is InChI=1S/C18H24F3NO/c1-17(2,3)14-8-10-22(11-9-14)16(23)12-13-4-6-15(7-5-13)18(19,20)21/h4-7,14H,8-12H2,1-3H3. The topological polar surface area (TPSA) is 20.3 Å². The summed E-state index contributed by atoms with van der Waals surface area (Å²) in [6.07, 6.45) is -2.19. The Balaban J connectivity index is 1.91. The second-order valence-electron chi connectivity index (χ2n) is 7.39. The van der Waals surface area contributed by atoms with Gasteiger partial charge in [0.25, 0.3) is 0 Å². The fourth-order valence-corrected chi connectivity index (χ4v) is 3.09. The Morgan fingerprint density at radius 2 is 1.61 bits per heavy atom. The van der Waals surface area contributed by atoms with Crippen LogP contribution in [0.2, 0.25) is 0 Å². The first kappa shape index (κ1) is 17.8. The molecule has 1 saturated heterocycles. The quantitative estimate of drug-likeness (QED) is 0.781. The number of carbonyl (C=O) groups excluding carboxylic acids is 1. The number of alkyl halides is 3. The van der Waals surface area contributed by atoms with Gasteiger partial charge in [0, 0.05) is 13.1 Å². The Kier molecular flexibility index (Phi) is 5.07. The molecule has 128 valence electrons. The van der Waals surface area contributed by atoms with Gasteiger partial charge >= 0.3 is 6.18 Å². The van der Waals surface area contributed by atoms with Gasteiger partial charge in [0.15, 0.2) is 0 Å². The van der Waals surface area contributed by atoms with E-state index in [0.717, 1.165) is 38.1 Å². The van der Waals surface area contributed by atoms with Crippen molar-refractivity contribution in [2.75, 3.05) is 13.1 Å². The molecule has 0 spiro atoms. The molecule has 0 radical (unpaired) electrons. The highest BCUT2D eigenvalue weighted by atomic mass is 19.4. The van der Waals surface area contributed by atoms with E-state index in [4.69, 9.17) is 0 Å². The van der Waals surface area contributed by atoms with Gasteiger partial charge in [0.2, 0.25) is 5.91 Å². The molecular weight excluding hydrogens is 303 g/mol. The monoisotopic (exact) mass is 327 g/mol. The van der Waals surface area contributed by atoms with Crippen molar-refractivity contribution in [1.82, 2.24) is 4.90 Å². The maximum absolute atomic E-state index is 12.5. The molecule has 23 heavy (non-hydrogen) atoms. The summed E-state index contributed by atoms with van der Waals surface area (Å²) >= 11 is 0. The van der Waals surface area contributed by atoms with Crippen LogP contribution in [-0.2, 0) is 17.4 Å². The van der Waals surface area contributed by atoms with Crippen LogP contribution in [0.3, 0.4) is 0 Å². The Morgan fingerprint density at radius 3 is 2.04 bits per heavy atom. The van der Waals surface area contributed by atoms with Crippen molar-refractivity contribution in [3.63, 3.8) is 0 Å². The number of halogens is 3. The largest absolute Gasteiger partial charge is 0.416 e. The van der Waals surface area contributed by atoms with Gasteiger partial charge in [-0.1, -0.05) is 32.9 Å². The molecule has 1 aromatic carbocycles. The zero-order valence-electron chi connectivity index (χ0n) is 13.9. The van der Waals surface area contributed by atoms with Crippen LogP contribution in [0.15, 0.2) is 24.3 Å². The molecule has 1 fully saturated rings. The maximum Gasteiger partial charge on any atom is 0.416 e. The van der Waals surface area contributed by atoms with Crippen molar-refractivity contribution in [2.24, 2.45) is 11.3 Å². The van der Waals surface area contributed by atoms with E-state index in [1.54, 1.807) is 0 Å². The zero-order chi connectivity index (χ0) is 17.3. The van der Waals surface area contributed by atoms with E-state index in [2.05, 4.69) is 20.8 Å². The molecule has 1 heterocycles. The third-order valence-electron chi connectivity index (χ3n) is 4.71. The van der Waals surface area contributed by atoms with Crippen molar-refractivity contribution in [2.45, 2.75) is 46.2 Å². The number of carbonyl (C=O) groups is 1. The molecule has 1 aliphatic heterocycles. The van der Waals surface area contributed by atoms with Gasteiger partial charge in [-0.15, -0.1) is 0 Å². The molecule has 0 atom stereocenters. The molecule has 1 amide bonds. The molecular formula is C18H24F3NO. The zero-order valence-corrected chi connectivity index (χ0v) is 13.9. The van der Waals surface area contributed by atoms with Gasteiger partial charge in [-0.05, 0) is 41.9 Å². The van der Waals surface area contributed by atoms with E-state index in [9.17, 15) is 18.0 Å². The lowest BCUT2D eigenvalue weighted by atomic mass is 9.75. The fraction of sp³-hybridized carbons (Fsp3) is 0.611. The Bertz CT molecular complexity index is 535. The lowest BCUT2D eigenvalue weighted by molar-refractivity contribution is -0.137. The number of piperidine rings is 1. The summed E-state index contributed by atoms with van der Waals surface area (Å²) in [7, 11) is 0. The highest BCUT2D eigenvalue weighted by Crippen LogP contribution is 2.34. The third kappa shape index (κ3) is 4.72. The predicted octanol–water partition coefficient (Wildman–Crippen LogP) is 4.53. The smallest absolute Gasteiger partial charge is 0.342 e. The van der Waals surface area contributed by atoms with Gasteiger partial charge < -0.3 is 4.90 Å². The number of hydrogen-bond acceptors (Lipinski definition) is 1. The van der Waals surface area contributed by atoms with Crippen molar-refractivity contribution in [3.05, 3.63) is 35.4 Å². The summed E-state index contributed by atoms with van der Waals surface area (Å²) in [6.45, 7) is 8.13. The average Bonchev–Trinajstić information content (AvgIpc) is 2.46. The summed E-state index contributed by atoms with van der Waals surface area (Å²) in [5.41, 5.74) is 0.198. The first-order chi connectivity index (χ1) is 10.6. The molecule has 0 aromatic heterocycles. The van der Waals surface area contributed by atoms with Gasteiger partial charge in [0.1, 0.15) is 0 Å². The SMILES string of the molecule is CC(C)(C)C1CCN(C(=O)Cc2ccc(C(F)(F)F)cc2)CC1. The highest BCUT2D eigenvalue weighted by molar-refractivity contribution is 5.78. The number of hydrogen-bond donors (Lipinski definition) is 0. The van der Waals surface area contributed by atoms with E-state index in [1.165, 1.54) is 12.1 Å². The van der Waals surface area contributed by atoms with Crippen LogP contribution >= 0.6 is 0 Å². The minimum atomic E-state index is -4.34. The van der Waals surface area contributed by atoms with Crippen molar-refractivity contribution in [3.8, 4) is 0 Å². The predicted molar refractivity (Wildman–Crippen MR) is 83.9 cm³/mol. The number of rotatable bonds is 2. The Hall–Kier alpha value is -1.52. The molecule has 0 saturated carbocycles. The Morgan fingerprint density at radius 1 is 1.09 bits per heavy atom. The van der Waals surface area contributed by atoms with Crippen LogP contribution in [0, 0.1) is 11.3 Å². The number of amides is 1. The van der Waals surface area contributed by atoms with E-state index < -0.39 is 11.7 Å². The van der Waals surface area contributed by atoms with Crippen LogP contribution in [0.1, 0.15) is 44.7 Å². The van der Waals surface area contributed by atoms with E-state index in [1.807, 2.05) is 4.90 Å². The summed E-state index contributed by atoms with van der Waals surface area (Å²) < 4.78 is 37.6. The molecule has 1 aliphatic rings. The third-order valence-corrected chi connectivity index (χ3v) is 4.71. The summed E-state index contributed by atoms with van der Waals surface area (Å²) in [5, 5.41) is 0. The molecule has 5 heteroatoms.